The number of amides is 2. The standard InChI is InChI=1S/C19H26N4O5S2/c1-4-28-11-10-22-15-8-7-14(20-13(2)24)12-17(15)29-19(22)21-18(25)16-6-5-9-23(16)30(3,26)27/h7-8,12,16H,4-6,9-11H2,1-3H3,(H,20,24). The van der Waals surface area contributed by atoms with Gasteiger partial charge in [0.2, 0.25) is 15.9 Å². The summed E-state index contributed by atoms with van der Waals surface area (Å²) >= 11 is 1.32. The second kappa shape index (κ2) is 9.38. The zero-order valence-electron chi connectivity index (χ0n) is 17.3. The zero-order valence-corrected chi connectivity index (χ0v) is 18.9. The Morgan fingerprint density at radius 2 is 2.13 bits per heavy atom. The van der Waals surface area contributed by atoms with Crippen LogP contribution < -0.4 is 10.1 Å². The lowest BCUT2D eigenvalue weighted by Crippen LogP contribution is -2.40. The first-order valence-corrected chi connectivity index (χ1v) is 12.4. The molecule has 1 aliphatic rings. The molecule has 0 saturated carbocycles. The van der Waals surface area contributed by atoms with Gasteiger partial charge in [0.05, 0.1) is 23.1 Å². The fourth-order valence-corrected chi connectivity index (χ4v) is 5.73. The van der Waals surface area contributed by atoms with Crippen LogP contribution in [-0.2, 0) is 30.9 Å². The molecule has 0 radical (unpaired) electrons. The second-order valence-electron chi connectivity index (χ2n) is 7.08. The van der Waals surface area contributed by atoms with Gasteiger partial charge in [0, 0.05) is 32.3 Å². The van der Waals surface area contributed by atoms with Gasteiger partial charge in [0.25, 0.3) is 5.91 Å². The number of hydrogen-bond acceptors (Lipinski definition) is 6. The minimum absolute atomic E-state index is 0.169. The molecule has 1 unspecified atom stereocenters. The Hall–Kier alpha value is -2.08. The molecule has 3 rings (SSSR count). The average molecular weight is 455 g/mol. The number of hydrogen-bond donors (Lipinski definition) is 1. The Kier molecular flexibility index (Phi) is 7.06. The van der Waals surface area contributed by atoms with Crippen LogP contribution >= 0.6 is 11.3 Å². The number of carbonyl (C=O) groups is 2. The van der Waals surface area contributed by atoms with E-state index in [1.807, 2.05) is 23.6 Å². The highest BCUT2D eigenvalue weighted by atomic mass is 32.2. The number of fused-ring (bicyclic) bond motifs is 1. The van der Waals surface area contributed by atoms with E-state index in [-0.39, 0.29) is 5.91 Å². The molecule has 2 heterocycles. The van der Waals surface area contributed by atoms with Crippen molar-refractivity contribution >= 4 is 49.1 Å². The van der Waals surface area contributed by atoms with Crippen LogP contribution in [0.25, 0.3) is 10.2 Å². The summed E-state index contributed by atoms with van der Waals surface area (Å²) in [6.07, 6.45) is 2.21. The Balaban J connectivity index is 2.02. The summed E-state index contributed by atoms with van der Waals surface area (Å²) in [7, 11) is -3.47. The van der Waals surface area contributed by atoms with Crippen LogP contribution in [0.4, 0.5) is 5.69 Å². The Morgan fingerprint density at radius 1 is 1.37 bits per heavy atom. The normalized spacial score (nSPS) is 18.2. The van der Waals surface area contributed by atoms with Gasteiger partial charge in [-0.15, -0.1) is 0 Å². The van der Waals surface area contributed by atoms with E-state index in [9.17, 15) is 18.0 Å². The molecule has 1 aliphatic heterocycles. The largest absolute Gasteiger partial charge is 0.380 e. The van der Waals surface area contributed by atoms with Gasteiger partial charge < -0.3 is 14.6 Å². The minimum atomic E-state index is -3.47. The molecule has 0 aliphatic carbocycles. The molecular formula is C19H26N4O5S2. The summed E-state index contributed by atoms with van der Waals surface area (Å²) < 4.78 is 33.4. The van der Waals surface area contributed by atoms with Crippen LogP contribution in [0.3, 0.4) is 0 Å². The predicted molar refractivity (Wildman–Crippen MR) is 116 cm³/mol. The maximum atomic E-state index is 12.9. The van der Waals surface area contributed by atoms with Crippen LogP contribution in [0.1, 0.15) is 26.7 Å². The van der Waals surface area contributed by atoms with E-state index >= 15 is 0 Å². The van der Waals surface area contributed by atoms with Gasteiger partial charge >= 0.3 is 0 Å². The topological polar surface area (TPSA) is 110 Å². The third-order valence-corrected chi connectivity index (χ3v) is 7.12. The number of nitrogens with one attached hydrogen (secondary N) is 1. The monoisotopic (exact) mass is 454 g/mol. The van der Waals surface area contributed by atoms with Crippen molar-refractivity contribution in [3.63, 3.8) is 0 Å². The highest BCUT2D eigenvalue weighted by molar-refractivity contribution is 7.88. The quantitative estimate of drug-likeness (QED) is 0.638. The third-order valence-electron chi connectivity index (χ3n) is 4.79. The van der Waals surface area contributed by atoms with Gasteiger partial charge in [-0.05, 0) is 38.0 Å². The summed E-state index contributed by atoms with van der Waals surface area (Å²) in [5.41, 5.74) is 1.52. The second-order valence-corrected chi connectivity index (χ2v) is 10.0. The number of rotatable bonds is 7. The summed E-state index contributed by atoms with van der Waals surface area (Å²) in [6, 6.07) is 4.73. The summed E-state index contributed by atoms with van der Waals surface area (Å²) in [5.74, 6) is -0.631. The maximum absolute atomic E-state index is 12.9. The first-order valence-electron chi connectivity index (χ1n) is 9.75. The van der Waals surface area contributed by atoms with Crippen molar-refractivity contribution in [1.29, 1.82) is 0 Å². The number of sulfonamides is 1. The van der Waals surface area contributed by atoms with Gasteiger partial charge in [0.15, 0.2) is 4.80 Å². The van der Waals surface area contributed by atoms with Gasteiger partial charge in [0.1, 0.15) is 6.04 Å². The van der Waals surface area contributed by atoms with Crippen LogP contribution in [-0.4, -0.2) is 61.2 Å². The van der Waals surface area contributed by atoms with Gasteiger partial charge in [-0.2, -0.15) is 9.30 Å². The third kappa shape index (κ3) is 5.15. The van der Waals surface area contributed by atoms with Crippen LogP contribution in [0, 0.1) is 0 Å². The lowest BCUT2D eigenvalue weighted by molar-refractivity contribution is -0.121. The lowest BCUT2D eigenvalue weighted by atomic mass is 10.2. The number of benzene rings is 1. The number of carbonyl (C=O) groups excluding carboxylic acids is 2. The Bertz CT molecular complexity index is 1120. The predicted octanol–water partition coefficient (Wildman–Crippen LogP) is 1.55. The lowest BCUT2D eigenvalue weighted by Gasteiger charge is -2.18. The summed E-state index contributed by atoms with van der Waals surface area (Å²) in [5, 5.41) is 2.75. The molecule has 1 aromatic heterocycles. The Labute approximate surface area is 179 Å². The fraction of sp³-hybridized carbons (Fsp3) is 0.526. The molecule has 164 valence electrons. The van der Waals surface area contributed by atoms with E-state index in [0.717, 1.165) is 16.5 Å². The fourth-order valence-electron chi connectivity index (χ4n) is 3.51. The molecule has 2 amide bonds. The molecule has 1 aromatic carbocycles. The molecule has 1 fully saturated rings. The first-order chi connectivity index (χ1) is 14.2. The highest BCUT2D eigenvalue weighted by Gasteiger charge is 2.36. The first kappa shape index (κ1) is 22.6. The van der Waals surface area contributed by atoms with Crippen LogP contribution in [0.2, 0.25) is 0 Å². The molecule has 1 N–H and O–H groups in total. The van der Waals surface area contributed by atoms with Crippen molar-refractivity contribution in [2.24, 2.45) is 4.99 Å². The SMILES string of the molecule is CCOCCn1c(=NC(=O)C2CCCN2S(C)(=O)=O)sc2cc(NC(C)=O)ccc21. The van der Waals surface area contributed by atoms with Gasteiger partial charge in [-0.3, -0.25) is 9.59 Å². The van der Waals surface area contributed by atoms with Gasteiger partial charge in [-0.1, -0.05) is 11.3 Å². The van der Waals surface area contributed by atoms with Crippen molar-refractivity contribution in [2.45, 2.75) is 39.3 Å². The smallest absolute Gasteiger partial charge is 0.266 e. The van der Waals surface area contributed by atoms with E-state index in [1.54, 1.807) is 6.07 Å². The van der Waals surface area contributed by atoms with Crippen molar-refractivity contribution < 1.29 is 22.7 Å². The molecule has 0 bridgehead atoms. The van der Waals surface area contributed by atoms with Crippen molar-refractivity contribution in [3.05, 3.63) is 23.0 Å². The Morgan fingerprint density at radius 3 is 2.80 bits per heavy atom. The molecule has 11 heteroatoms. The molecular weight excluding hydrogens is 428 g/mol. The molecule has 1 saturated heterocycles. The molecule has 2 aromatic rings. The molecule has 30 heavy (non-hydrogen) atoms. The number of nitrogens with zero attached hydrogens (tertiary/aromatic N) is 3. The van der Waals surface area contributed by atoms with Gasteiger partial charge in [-0.25, -0.2) is 8.42 Å². The van der Waals surface area contributed by atoms with E-state index in [1.165, 1.54) is 22.6 Å². The van der Waals surface area contributed by atoms with Crippen LogP contribution in [0.5, 0.6) is 0 Å². The van der Waals surface area contributed by atoms with Crippen molar-refractivity contribution in [2.75, 3.05) is 31.3 Å². The minimum Gasteiger partial charge on any atom is -0.380 e. The van der Waals surface area contributed by atoms with E-state index in [4.69, 9.17) is 4.74 Å². The zero-order chi connectivity index (χ0) is 21.9. The van der Waals surface area contributed by atoms with E-state index in [0.29, 0.717) is 49.6 Å². The maximum Gasteiger partial charge on any atom is 0.266 e. The molecule has 9 nitrogen and oxygen atoms in total. The van der Waals surface area contributed by atoms with E-state index < -0.39 is 22.0 Å². The van der Waals surface area contributed by atoms with Crippen molar-refractivity contribution in [1.82, 2.24) is 8.87 Å². The molecule has 0 spiro atoms. The number of thiazole rings is 1. The number of aromatic nitrogens is 1. The average Bonchev–Trinajstić information content (AvgIpc) is 3.26. The number of ether oxygens (including phenoxy) is 1. The highest BCUT2D eigenvalue weighted by Crippen LogP contribution is 2.24. The van der Waals surface area contributed by atoms with Crippen LogP contribution in [0.15, 0.2) is 23.2 Å². The van der Waals surface area contributed by atoms with E-state index in [2.05, 4.69) is 10.3 Å². The van der Waals surface area contributed by atoms with Crippen molar-refractivity contribution in [3.8, 4) is 0 Å². The summed E-state index contributed by atoms with van der Waals surface area (Å²) in [4.78, 5) is 29.0. The summed E-state index contributed by atoms with van der Waals surface area (Å²) in [6.45, 7) is 5.21. The number of anilines is 1. The molecule has 1 atom stereocenters.